The highest BCUT2D eigenvalue weighted by Gasteiger charge is 2.28. The van der Waals surface area contributed by atoms with Crippen molar-refractivity contribution in [1.29, 1.82) is 0 Å². The van der Waals surface area contributed by atoms with Gasteiger partial charge in [-0.15, -0.1) is 22.7 Å². The number of hydrogen-bond acceptors (Lipinski definition) is 5. The molecule has 0 bridgehead atoms. The maximum atomic E-state index is 12.5. The van der Waals surface area contributed by atoms with Crippen LogP contribution in [-0.2, 0) is 11.2 Å². The normalized spacial score (nSPS) is 18.0. The molecule has 1 unspecified atom stereocenters. The Balaban J connectivity index is 1.61. The van der Waals surface area contributed by atoms with Crippen LogP contribution in [0.5, 0.6) is 0 Å². The molecular formula is C16H20N2O2S2. The van der Waals surface area contributed by atoms with Crippen molar-refractivity contribution in [3.63, 3.8) is 0 Å². The van der Waals surface area contributed by atoms with Crippen LogP contribution >= 0.6 is 22.7 Å². The highest BCUT2D eigenvalue weighted by molar-refractivity contribution is 7.20. The molecule has 2 aromatic rings. The van der Waals surface area contributed by atoms with Gasteiger partial charge < -0.3 is 10.0 Å². The van der Waals surface area contributed by atoms with Crippen molar-refractivity contribution in [2.24, 2.45) is 0 Å². The molecule has 1 aliphatic heterocycles. The first-order valence-electron chi connectivity index (χ1n) is 7.66. The number of carbonyl (C=O) groups is 1. The van der Waals surface area contributed by atoms with Crippen molar-refractivity contribution < 1.29 is 9.90 Å². The van der Waals surface area contributed by atoms with E-state index < -0.39 is 0 Å². The standard InChI is InChI=1S/C16H20N2O2S2/c19-8-2-5-13-4-1-7-18(13)15(20)10-12-11-22-16(17-12)14-6-3-9-21-14/h3,6,9,11,13,19H,1-2,4-5,7-8,10H2. The maximum absolute atomic E-state index is 12.5. The van der Waals surface area contributed by atoms with Gasteiger partial charge in [-0.05, 0) is 37.1 Å². The van der Waals surface area contributed by atoms with Crippen LogP contribution in [-0.4, -0.2) is 40.1 Å². The third-order valence-electron chi connectivity index (χ3n) is 4.01. The van der Waals surface area contributed by atoms with Crippen molar-refractivity contribution in [2.75, 3.05) is 13.2 Å². The van der Waals surface area contributed by atoms with Gasteiger partial charge in [0, 0.05) is 24.6 Å². The molecule has 0 saturated carbocycles. The molecule has 6 heteroatoms. The fraction of sp³-hybridized carbons (Fsp3) is 0.500. The summed E-state index contributed by atoms with van der Waals surface area (Å²) in [5, 5.41) is 14.0. The van der Waals surface area contributed by atoms with Gasteiger partial charge in [-0.3, -0.25) is 4.79 Å². The zero-order valence-corrected chi connectivity index (χ0v) is 14.0. The third kappa shape index (κ3) is 3.56. The number of aromatic nitrogens is 1. The number of hydrogen-bond donors (Lipinski definition) is 1. The van der Waals surface area contributed by atoms with Crippen LogP contribution in [0.25, 0.3) is 9.88 Å². The van der Waals surface area contributed by atoms with Crippen molar-refractivity contribution in [3.05, 3.63) is 28.6 Å². The number of amides is 1. The lowest BCUT2D eigenvalue weighted by Gasteiger charge is -2.24. The molecule has 118 valence electrons. The number of aliphatic hydroxyl groups is 1. The smallest absolute Gasteiger partial charge is 0.228 e. The number of nitrogens with zero attached hydrogens (tertiary/aromatic N) is 2. The summed E-state index contributed by atoms with van der Waals surface area (Å²) in [4.78, 5) is 20.3. The molecule has 1 saturated heterocycles. The van der Waals surface area contributed by atoms with E-state index >= 15 is 0 Å². The summed E-state index contributed by atoms with van der Waals surface area (Å²) in [5.74, 6) is 0.170. The van der Waals surface area contributed by atoms with Gasteiger partial charge in [-0.1, -0.05) is 6.07 Å². The summed E-state index contributed by atoms with van der Waals surface area (Å²) in [6.45, 7) is 1.05. The topological polar surface area (TPSA) is 53.4 Å². The Morgan fingerprint density at radius 3 is 3.14 bits per heavy atom. The van der Waals surface area contributed by atoms with Gasteiger partial charge >= 0.3 is 0 Å². The molecule has 4 nitrogen and oxygen atoms in total. The maximum Gasteiger partial charge on any atom is 0.228 e. The lowest BCUT2D eigenvalue weighted by atomic mass is 10.1. The minimum Gasteiger partial charge on any atom is -0.396 e. The summed E-state index contributed by atoms with van der Waals surface area (Å²) in [6, 6.07) is 4.37. The molecule has 1 N–H and O–H groups in total. The van der Waals surface area contributed by atoms with E-state index in [9.17, 15) is 4.79 Å². The molecular weight excluding hydrogens is 316 g/mol. The minimum absolute atomic E-state index is 0.170. The Morgan fingerprint density at radius 2 is 2.36 bits per heavy atom. The lowest BCUT2D eigenvalue weighted by Crippen LogP contribution is -2.36. The molecule has 2 aromatic heterocycles. The molecule has 0 radical (unpaired) electrons. The van der Waals surface area contributed by atoms with Crippen LogP contribution < -0.4 is 0 Å². The third-order valence-corrected chi connectivity index (χ3v) is 5.94. The Labute approximate surface area is 138 Å². The predicted octanol–water partition coefficient (Wildman–Crippen LogP) is 3.18. The molecule has 0 spiro atoms. The highest BCUT2D eigenvalue weighted by Crippen LogP contribution is 2.28. The van der Waals surface area contributed by atoms with Crippen LogP contribution in [0.4, 0.5) is 0 Å². The number of aliphatic hydroxyl groups excluding tert-OH is 1. The molecule has 0 aromatic carbocycles. The quantitative estimate of drug-likeness (QED) is 0.881. The fourth-order valence-corrected chi connectivity index (χ4v) is 4.58. The van der Waals surface area contributed by atoms with Crippen molar-refractivity contribution in [2.45, 2.75) is 38.1 Å². The Bertz CT molecular complexity index is 609. The number of carbonyl (C=O) groups excluding carboxylic acids is 1. The molecule has 3 heterocycles. The van der Waals surface area contributed by atoms with Gasteiger partial charge in [-0.2, -0.15) is 0 Å². The monoisotopic (exact) mass is 336 g/mol. The average Bonchev–Trinajstić information content (AvgIpc) is 3.25. The first kappa shape index (κ1) is 15.6. The lowest BCUT2D eigenvalue weighted by molar-refractivity contribution is -0.131. The average molecular weight is 336 g/mol. The zero-order valence-electron chi connectivity index (χ0n) is 12.4. The van der Waals surface area contributed by atoms with E-state index in [1.807, 2.05) is 21.7 Å². The van der Waals surface area contributed by atoms with Gasteiger partial charge in [-0.25, -0.2) is 4.98 Å². The van der Waals surface area contributed by atoms with Crippen LogP contribution in [0.15, 0.2) is 22.9 Å². The summed E-state index contributed by atoms with van der Waals surface area (Å²) in [5.41, 5.74) is 0.867. The van der Waals surface area contributed by atoms with Crippen LogP contribution in [0.2, 0.25) is 0 Å². The van der Waals surface area contributed by atoms with Gasteiger partial charge in [0.05, 0.1) is 17.0 Å². The van der Waals surface area contributed by atoms with E-state index in [2.05, 4.69) is 11.1 Å². The second kappa shape index (κ2) is 7.35. The zero-order chi connectivity index (χ0) is 15.4. The first-order chi connectivity index (χ1) is 10.8. The number of thiazole rings is 1. The summed E-state index contributed by atoms with van der Waals surface area (Å²) in [7, 11) is 0. The summed E-state index contributed by atoms with van der Waals surface area (Å²) < 4.78 is 0. The minimum atomic E-state index is 0.170. The van der Waals surface area contributed by atoms with E-state index in [4.69, 9.17) is 5.11 Å². The molecule has 1 atom stereocenters. The molecule has 22 heavy (non-hydrogen) atoms. The Morgan fingerprint density at radius 1 is 1.45 bits per heavy atom. The summed E-state index contributed by atoms with van der Waals surface area (Å²) >= 11 is 3.27. The van der Waals surface area contributed by atoms with Gasteiger partial charge in [0.2, 0.25) is 5.91 Å². The number of rotatable bonds is 6. The van der Waals surface area contributed by atoms with Crippen molar-refractivity contribution in [1.82, 2.24) is 9.88 Å². The predicted molar refractivity (Wildman–Crippen MR) is 90.2 cm³/mol. The van der Waals surface area contributed by atoms with E-state index in [1.165, 1.54) is 0 Å². The van der Waals surface area contributed by atoms with Crippen LogP contribution in [0, 0.1) is 0 Å². The van der Waals surface area contributed by atoms with Crippen LogP contribution in [0.1, 0.15) is 31.4 Å². The molecule has 1 aliphatic rings. The Hall–Kier alpha value is -1.24. The van der Waals surface area contributed by atoms with E-state index in [0.717, 1.165) is 47.8 Å². The van der Waals surface area contributed by atoms with E-state index in [0.29, 0.717) is 12.5 Å². The first-order valence-corrected chi connectivity index (χ1v) is 9.42. The molecule has 0 aliphatic carbocycles. The van der Waals surface area contributed by atoms with Gasteiger partial charge in [0.15, 0.2) is 0 Å². The van der Waals surface area contributed by atoms with E-state index in [1.54, 1.807) is 22.7 Å². The van der Waals surface area contributed by atoms with E-state index in [-0.39, 0.29) is 12.5 Å². The second-order valence-electron chi connectivity index (χ2n) is 5.55. The molecule has 1 fully saturated rings. The molecule has 3 rings (SSSR count). The SMILES string of the molecule is O=C(Cc1csc(-c2cccs2)n1)N1CCCC1CCCO. The number of thiophene rings is 1. The van der Waals surface area contributed by atoms with Crippen molar-refractivity contribution >= 4 is 28.6 Å². The van der Waals surface area contributed by atoms with Gasteiger partial charge in [0.25, 0.3) is 0 Å². The summed E-state index contributed by atoms with van der Waals surface area (Å²) in [6.07, 6.45) is 4.19. The molecule has 1 amide bonds. The highest BCUT2D eigenvalue weighted by atomic mass is 32.1. The van der Waals surface area contributed by atoms with Crippen molar-refractivity contribution in [3.8, 4) is 9.88 Å². The van der Waals surface area contributed by atoms with Crippen LogP contribution in [0.3, 0.4) is 0 Å². The Kier molecular flexibility index (Phi) is 5.23. The van der Waals surface area contributed by atoms with Gasteiger partial charge in [0.1, 0.15) is 5.01 Å². The second-order valence-corrected chi connectivity index (χ2v) is 7.35. The fourth-order valence-electron chi connectivity index (χ4n) is 2.95. The largest absolute Gasteiger partial charge is 0.396 e. The number of likely N-dealkylation sites (tertiary alicyclic amines) is 1.